The number of barbiturate groups is 1. The monoisotopic (exact) mass is 532 g/mol. The standard InChI is InChI=1S/C34H32N2O4/c37-31-30(17-22-6-12-29(13-7-22)40-21-23-4-2-1-3-5-23)32(38)36(33(39)35-31)28-10-8-27(9-11-28)34-18-24-14-25(19-34)16-26(15-24)20-34/h1-13,17,24-26H,14-16,18-21H2,(H,35,37,39)/b30-17+. The number of rotatable bonds is 6. The summed E-state index contributed by atoms with van der Waals surface area (Å²) in [7, 11) is 0. The van der Waals surface area contributed by atoms with Crippen LogP contribution < -0.4 is 15.0 Å². The molecule has 3 aromatic rings. The van der Waals surface area contributed by atoms with Gasteiger partial charge in [-0.25, -0.2) is 9.69 Å². The summed E-state index contributed by atoms with van der Waals surface area (Å²) < 4.78 is 5.83. The number of ether oxygens (including phenoxy) is 1. The van der Waals surface area contributed by atoms with E-state index >= 15 is 0 Å². The number of urea groups is 1. The number of carbonyl (C=O) groups excluding carboxylic acids is 3. The zero-order valence-corrected chi connectivity index (χ0v) is 22.3. The lowest BCUT2D eigenvalue weighted by molar-refractivity contribution is -0.122. The van der Waals surface area contributed by atoms with Crippen LogP contribution in [0.15, 0.2) is 84.4 Å². The van der Waals surface area contributed by atoms with Gasteiger partial charge >= 0.3 is 6.03 Å². The van der Waals surface area contributed by atoms with Crippen molar-refractivity contribution < 1.29 is 19.1 Å². The third-order valence-corrected chi connectivity index (χ3v) is 9.32. The van der Waals surface area contributed by atoms with E-state index in [1.54, 1.807) is 24.3 Å². The van der Waals surface area contributed by atoms with E-state index in [0.29, 0.717) is 23.6 Å². The average molecular weight is 533 g/mol. The van der Waals surface area contributed by atoms with Crippen molar-refractivity contribution in [2.45, 2.75) is 50.5 Å². The second kappa shape index (κ2) is 9.77. The Morgan fingerprint density at radius 1 is 0.800 bits per heavy atom. The molecule has 40 heavy (non-hydrogen) atoms. The molecule has 0 unspecified atom stereocenters. The fraction of sp³-hybridized carbons (Fsp3) is 0.324. The Hall–Kier alpha value is -4.19. The summed E-state index contributed by atoms with van der Waals surface area (Å²) in [5, 5.41) is 2.34. The molecule has 5 fully saturated rings. The molecule has 0 aromatic heterocycles. The normalized spacial score (nSPS) is 28.2. The van der Waals surface area contributed by atoms with E-state index in [4.69, 9.17) is 4.74 Å². The number of hydrogen-bond donors (Lipinski definition) is 1. The Morgan fingerprint density at radius 2 is 1.43 bits per heavy atom. The largest absolute Gasteiger partial charge is 0.489 e. The molecule has 1 heterocycles. The van der Waals surface area contributed by atoms with Gasteiger partial charge in [0.15, 0.2) is 0 Å². The van der Waals surface area contributed by atoms with E-state index in [2.05, 4.69) is 17.4 Å². The molecule has 3 aromatic carbocycles. The molecular formula is C34H32N2O4. The highest BCUT2D eigenvalue weighted by Gasteiger charge is 2.51. The van der Waals surface area contributed by atoms with E-state index in [1.165, 1.54) is 50.2 Å². The Kier molecular flexibility index (Phi) is 6.06. The minimum Gasteiger partial charge on any atom is -0.489 e. The van der Waals surface area contributed by atoms with E-state index in [9.17, 15) is 14.4 Å². The van der Waals surface area contributed by atoms with Crippen molar-refractivity contribution in [3.8, 4) is 5.75 Å². The van der Waals surface area contributed by atoms with Crippen LogP contribution in [0.1, 0.15) is 55.2 Å². The maximum atomic E-state index is 13.4. The number of hydrogen-bond acceptors (Lipinski definition) is 4. The third-order valence-electron chi connectivity index (χ3n) is 9.32. The number of benzene rings is 3. The number of nitrogens with one attached hydrogen (secondary N) is 1. The van der Waals surface area contributed by atoms with Crippen LogP contribution in [0, 0.1) is 17.8 Å². The molecule has 4 bridgehead atoms. The van der Waals surface area contributed by atoms with Crippen LogP contribution in [0.3, 0.4) is 0 Å². The molecule has 6 heteroatoms. The van der Waals surface area contributed by atoms with Crippen LogP contribution in [-0.4, -0.2) is 17.8 Å². The maximum Gasteiger partial charge on any atom is 0.335 e. The van der Waals surface area contributed by atoms with Gasteiger partial charge in [-0.1, -0.05) is 54.6 Å². The van der Waals surface area contributed by atoms with Crippen molar-refractivity contribution in [3.05, 3.63) is 101 Å². The van der Waals surface area contributed by atoms with Crippen molar-refractivity contribution >= 4 is 29.6 Å². The number of anilines is 1. The minimum atomic E-state index is -0.723. The summed E-state index contributed by atoms with van der Waals surface area (Å²) in [5.74, 6) is 1.87. The lowest BCUT2D eigenvalue weighted by Gasteiger charge is -2.57. The van der Waals surface area contributed by atoms with E-state index in [0.717, 1.165) is 28.2 Å². The van der Waals surface area contributed by atoms with Gasteiger partial charge in [-0.3, -0.25) is 14.9 Å². The summed E-state index contributed by atoms with van der Waals surface area (Å²) in [5.41, 5.74) is 3.67. The van der Waals surface area contributed by atoms with Gasteiger partial charge in [0.05, 0.1) is 5.69 Å². The molecule has 4 aliphatic carbocycles. The smallest absolute Gasteiger partial charge is 0.335 e. The Morgan fingerprint density at radius 3 is 2.05 bits per heavy atom. The van der Waals surface area contributed by atoms with Gasteiger partial charge < -0.3 is 4.74 Å². The molecular weight excluding hydrogens is 500 g/mol. The molecule has 0 spiro atoms. The summed E-state index contributed by atoms with van der Waals surface area (Å²) in [4.78, 5) is 39.9. The maximum absolute atomic E-state index is 13.4. The highest BCUT2D eigenvalue weighted by molar-refractivity contribution is 6.39. The van der Waals surface area contributed by atoms with Crippen molar-refractivity contribution in [2.24, 2.45) is 17.8 Å². The molecule has 4 saturated carbocycles. The molecule has 1 N–H and O–H groups in total. The van der Waals surface area contributed by atoms with Crippen molar-refractivity contribution in [1.82, 2.24) is 5.32 Å². The van der Waals surface area contributed by atoms with Crippen LogP contribution in [0.25, 0.3) is 6.08 Å². The number of carbonyl (C=O) groups is 3. The average Bonchev–Trinajstić information content (AvgIpc) is 2.95. The van der Waals surface area contributed by atoms with Crippen LogP contribution in [0.2, 0.25) is 0 Å². The zero-order chi connectivity index (χ0) is 27.3. The second-order valence-corrected chi connectivity index (χ2v) is 12.0. The highest BCUT2D eigenvalue weighted by Crippen LogP contribution is 2.60. The molecule has 0 radical (unpaired) electrons. The van der Waals surface area contributed by atoms with Crippen molar-refractivity contribution in [2.75, 3.05) is 4.90 Å². The predicted octanol–water partition coefficient (Wildman–Crippen LogP) is 6.40. The lowest BCUT2D eigenvalue weighted by Crippen LogP contribution is -2.54. The van der Waals surface area contributed by atoms with Gasteiger partial charge in [0.2, 0.25) is 0 Å². The topological polar surface area (TPSA) is 75.7 Å². The van der Waals surface area contributed by atoms with Gasteiger partial charge in [0.25, 0.3) is 11.8 Å². The van der Waals surface area contributed by atoms with Gasteiger partial charge in [0.1, 0.15) is 17.9 Å². The molecule has 0 atom stereocenters. The molecule has 1 saturated heterocycles. The second-order valence-electron chi connectivity index (χ2n) is 12.0. The summed E-state index contributed by atoms with van der Waals surface area (Å²) in [6.45, 7) is 0.445. The third kappa shape index (κ3) is 4.51. The van der Waals surface area contributed by atoms with Gasteiger partial charge in [-0.05, 0) is 109 Å². The summed E-state index contributed by atoms with van der Waals surface area (Å²) >= 11 is 0. The number of amides is 4. The van der Waals surface area contributed by atoms with Gasteiger partial charge in [-0.15, -0.1) is 0 Å². The van der Waals surface area contributed by atoms with Crippen LogP contribution in [0.5, 0.6) is 5.75 Å². The minimum absolute atomic E-state index is 0.0808. The van der Waals surface area contributed by atoms with Crippen LogP contribution in [-0.2, 0) is 21.6 Å². The SMILES string of the molecule is O=C1NC(=O)N(c2ccc(C34CC5CC(CC(C5)C3)C4)cc2)C(=O)/C1=C/c1ccc(OCc2ccccc2)cc1. The van der Waals surface area contributed by atoms with Gasteiger partial charge in [-0.2, -0.15) is 0 Å². The van der Waals surface area contributed by atoms with Crippen LogP contribution in [0.4, 0.5) is 10.5 Å². The first-order chi connectivity index (χ1) is 19.5. The molecule has 1 aliphatic heterocycles. The Labute approximate surface area is 234 Å². The molecule has 8 rings (SSSR count). The van der Waals surface area contributed by atoms with Crippen molar-refractivity contribution in [1.29, 1.82) is 0 Å². The zero-order valence-electron chi connectivity index (χ0n) is 22.3. The Bertz CT molecular complexity index is 1460. The number of imide groups is 2. The summed E-state index contributed by atoms with van der Waals surface area (Å²) in [6.07, 6.45) is 9.41. The van der Waals surface area contributed by atoms with Gasteiger partial charge in [0, 0.05) is 0 Å². The first kappa shape index (κ1) is 24.8. The molecule has 6 nitrogen and oxygen atoms in total. The molecule has 4 amide bonds. The van der Waals surface area contributed by atoms with Crippen LogP contribution >= 0.6 is 0 Å². The molecule has 5 aliphatic rings. The summed E-state index contributed by atoms with van der Waals surface area (Å²) in [6, 6.07) is 24.2. The Balaban J connectivity index is 1.08. The van der Waals surface area contributed by atoms with E-state index in [1.807, 2.05) is 42.5 Å². The fourth-order valence-electron chi connectivity index (χ4n) is 7.89. The first-order valence-electron chi connectivity index (χ1n) is 14.2. The molecule has 202 valence electrons. The van der Waals surface area contributed by atoms with Crippen molar-refractivity contribution in [3.63, 3.8) is 0 Å². The quantitative estimate of drug-likeness (QED) is 0.294. The van der Waals surface area contributed by atoms with E-state index < -0.39 is 17.8 Å². The van der Waals surface area contributed by atoms with E-state index in [-0.39, 0.29) is 11.0 Å². The predicted molar refractivity (Wildman–Crippen MR) is 153 cm³/mol. The number of nitrogens with zero attached hydrogens (tertiary/aromatic N) is 1. The fourth-order valence-corrected chi connectivity index (χ4v) is 7.89. The highest BCUT2D eigenvalue weighted by atomic mass is 16.5. The lowest BCUT2D eigenvalue weighted by atomic mass is 9.48. The first-order valence-corrected chi connectivity index (χ1v) is 14.2.